The normalized spacial score (nSPS) is 10.4. The topological polar surface area (TPSA) is 85.6 Å². The fourth-order valence-corrected chi connectivity index (χ4v) is 2.56. The first-order valence-corrected chi connectivity index (χ1v) is 8.42. The molecule has 0 atom stereocenters. The molecule has 3 rings (SSSR count). The summed E-state index contributed by atoms with van der Waals surface area (Å²) < 4.78 is 23.8. The number of halogens is 2. The van der Waals surface area contributed by atoms with Crippen molar-refractivity contribution in [1.29, 1.82) is 0 Å². The molecule has 1 aromatic heterocycles. The molecule has 0 aliphatic rings. The van der Waals surface area contributed by atoms with Gasteiger partial charge in [0.1, 0.15) is 11.6 Å². The number of hydrogen-bond donors (Lipinski definition) is 1. The number of para-hydroxylation sites is 1. The van der Waals surface area contributed by atoms with Gasteiger partial charge in [-0.25, -0.2) is 9.18 Å². The number of carbonyl (C=O) groups excluding carboxylic acids is 3. The molecule has 28 heavy (non-hydrogen) atoms. The minimum absolute atomic E-state index is 0.0157. The Bertz CT molecular complexity index is 1050. The lowest BCUT2D eigenvalue weighted by Crippen LogP contribution is -2.21. The number of carbonyl (C=O) groups is 3. The van der Waals surface area contributed by atoms with E-state index in [-0.39, 0.29) is 22.0 Å². The SMILES string of the molecule is O=Cc1ccc(-c2ccc(Cl)c(C(=O)OCC(=O)Nc3ccccc3F)c2)o1. The maximum Gasteiger partial charge on any atom is 0.340 e. The van der Waals surface area contributed by atoms with Crippen LogP contribution < -0.4 is 5.32 Å². The summed E-state index contributed by atoms with van der Waals surface area (Å²) in [7, 11) is 0. The Balaban J connectivity index is 1.68. The molecule has 0 saturated heterocycles. The second-order valence-electron chi connectivity index (χ2n) is 5.62. The Morgan fingerprint density at radius 1 is 1.14 bits per heavy atom. The first kappa shape index (κ1) is 19.3. The fourth-order valence-electron chi connectivity index (χ4n) is 2.36. The van der Waals surface area contributed by atoms with E-state index in [2.05, 4.69) is 5.32 Å². The Morgan fingerprint density at radius 2 is 1.93 bits per heavy atom. The molecule has 0 spiro atoms. The van der Waals surface area contributed by atoms with Crippen LogP contribution in [0.3, 0.4) is 0 Å². The molecule has 8 heteroatoms. The maximum absolute atomic E-state index is 13.5. The van der Waals surface area contributed by atoms with Crippen LogP contribution in [0.5, 0.6) is 0 Å². The number of aldehydes is 1. The van der Waals surface area contributed by atoms with Crippen LogP contribution in [0.4, 0.5) is 10.1 Å². The van der Waals surface area contributed by atoms with Gasteiger partial charge in [-0.3, -0.25) is 9.59 Å². The highest BCUT2D eigenvalue weighted by atomic mass is 35.5. The number of furan rings is 1. The van der Waals surface area contributed by atoms with Gasteiger partial charge in [0.15, 0.2) is 18.7 Å². The minimum Gasteiger partial charge on any atom is -0.453 e. The third-order valence-corrected chi connectivity index (χ3v) is 4.03. The molecular weight excluding hydrogens is 389 g/mol. The predicted molar refractivity (Wildman–Crippen MR) is 99.9 cm³/mol. The van der Waals surface area contributed by atoms with Gasteiger partial charge in [-0.15, -0.1) is 0 Å². The molecule has 1 N–H and O–H groups in total. The molecule has 0 radical (unpaired) electrons. The molecule has 0 aliphatic heterocycles. The number of amides is 1. The maximum atomic E-state index is 13.5. The molecule has 1 heterocycles. The molecule has 3 aromatic rings. The van der Waals surface area contributed by atoms with Crippen molar-refractivity contribution in [1.82, 2.24) is 0 Å². The Kier molecular flexibility index (Phi) is 5.86. The highest BCUT2D eigenvalue weighted by Crippen LogP contribution is 2.27. The number of benzene rings is 2. The van der Waals surface area contributed by atoms with E-state index < -0.39 is 24.3 Å². The van der Waals surface area contributed by atoms with Gasteiger partial charge in [-0.1, -0.05) is 23.7 Å². The standard InChI is InChI=1S/C20H13ClFNO5/c21-15-7-5-12(18-8-6-13(10-24)28-18)9-14(15)20(26)27-11-19(25)23-17-4-2-1-3-16(17)22/h1-10H,11H2,(H,23,25). The lowest BCUT2D eigenvalue weighted by molar-refractivity contribution is -0.119. The van der Waals surface area contributed by atoms with E-state index in [0.29, 0.717) is 17.6 Å². The Morgan fingerprint density at radius 3 is 2.64 bits per heavy atom. The van der Waals surface area contributed by atoms with Crippen molar-refractivity contribution in [3.05, 3.63) is 76.8 Å². The van der Waals surface area contributed by atoms with Gasteiger partial charge in [0, 0.05) is 5.56 Å². The molecule has 0 bridgehead atoms. The summed E-state index contributed by atoms with van der Waals surface area (Å²) >= 11 is 6.04. The molecule has 0 aliphatic carbocycles. The largest absolute Gasteiger partial charge is 0.453 e. The molecule has 1 amide bonds. The summed E-state index contributed by atoms with van der Waals surface area (Å²) in [5.41, 5.74) is 0.495. The van der Waals surface area contributed by atoms with Crippen LogP contribution in [0.2, 0.25) is 5.02 Å². The zero-order valence-electron chi connectivity index (χ0n) is 14.3. The van der Waals surface area contributed by atoms with Crippen molar-refractivity contribution < 1.29 is 27.9 Å². The zero-order valence-corrected chi connectivity index (χ0v) is 15.0. The predicted octanol–water partition coefficient (Wildman–Crippen LogP) is 4.35. The molecule has 6 nitrogen and oxygen atoms in total. The second kappa shape index (κ2) is 8.49. The number of anilines is 1. The highest BCUT2D eigenvalue weighted by Gasteiger charge is 2.17. The number of nitrogens with one attached hydrogen (secondary N) is 1. The molecule has 142 valence electrons. The first-order chi connectivity index (χ1) is 13.5. The van der Waals surface area contributed by atoms with Crippen molar-refractivity contribution in [3.8, 4) is 11.3 Å². The average molecular weight is 402 g/mol. The smallest absolute Gasteiger partial charge is 0.340 e. The summed E-state index contributed by atoms with van der Waals surface area (Å²) in [6.07, 6.45) is 0.558. The van der Waals surface area contributed by atoms with Gasteiger partial charge in [0.05, 0.1) is 16.3 Å². The Labute approximate surface area is 163 Å². The summed E-state index contributed by atoms with van der Waals surface area (Å²) in [5.74, 6) is -1.64. The van der Waals surface area contributed by atoms with Crippen molar-refractivity contribution in [2.24, 2.45) is 0 Å². The molecule has 0 unspecified atom stereocenters. The molecule has 0 saturated carbocycles. The average Bonchev–Trinajstić information content (AvgIpc) is 3.17. The first-order valence-electron chi connectivity index (χ1n) is 8.04. The number of ether oxygens (including phenoxy) is 1. The number of hydrogen-bond acceptors (Lipinski definition) is 5. The number of rotatable bonds is 6. The summed E-state index contributed by atoms with van der Waals surface area (Å²) in [4.78, 5) is 34.9. The molecule has 0 fully saturated rings. The van der Waals surface area contributed by atoms with Crippen molar-refractivity contribution in [2.45, 2.75) is 0 Å². The van der Waals surface area contributed by atoms with Crippen LogP contribution in [0.15, 0.2) is 59.0 Å². The summed E-state index contributed by atoms with van der Waals surface area (Å²) in [6, 6.07) is 13.2. The minimum atomic E-state index is -0.835. The highest BCUT2D eigenvalue weighted by molar-refractivity contribution is 6.33. The van der Waals surface area contributed by atoms with Gasteiger partial charge in [-0.2, -0.15) is 0 Å². The van der Waals surface area contributed by atoms with Crippen molar-refractivity contribution in [3.63, 3.8) is 0 Å². The van der Waals surface area contributed by atoms with Gasteiger partial charge in [0.2, 0.25) is 0 Å². The van der Waals surface area contributed by atoms with Crippen LogP contribution in [-0.2, 0) is 9.53 Å². The lowest BCUT2D eigenvalue weighted by atomic mass is 10.1. The third-order valence-electron chi connectivity index (χ3n) is 3.70. The van der Waals surface area contributed by atoms with E-state index >= 15 is 0 Å². The molecule has 2 aromatic carbocycles. The third kappa shape index (κ3) is 4.44. The van der Waals surface area contributed by atoms with Gasteiger partial charge >= 0.3 is 5.97 Å². The van der Waals surface area contributed by atoms with Gasteiger partial charge in [-0.05, 0) is 42.5 Å². The van der Waals surface area contributed by atoms with Crippen molar-refractivity contribution >= 4 is 35.5 Å². The van der Waals surface area contributed by atoms with E-state index in [1.807, 2.05) is 0 Å². The summed E-state index contributed by atoms with van der Waals surface area (Å²) in [5, 5.41) is 2.42. The van der Waals surface area contributed by atoms with E-state index in [1.165, 1.54) is 36.4 Å². The second-order valence-corrected chi connectivity index (χ2v) is 6.03. The van der Waals surface area contributed by atoms with E-state index in [4.69, 9.17) is 20.8 Å². The quantitative estimate of drug-likeness (QED) is 0.490. The van der Waals surface area contributed by atoms with Crippen LogP contribution in [0.25, 0.3) is 11.3 Å². The van der Waals surface area contributed by atoms with E-state index in [0.717, 1.165) is 0 Å². The zero-order chi connectivity index (χ0) is 20.1. The monoisotopic (exact) mass is 401 g/mol. The Hall–Kier alpha value is -3.45. The van der Waals surface area contributed by atoms with Crippen molar-refractivity contribution in [2.75, 3.05) is 11.9 Å². The van der Waals surface area contributed by atoms with Crippen LogP contribution in [0, 0.1) is 5.82 Å². The van der Waals surface area contributed by atoms with Crippen LogP contribution in [-0.4, -0.2) is 24.8 Å². The van der Waals surface area contributed by atoms with Gasteiger partial charge in [0.25, 0.3) is 5.91 Å². The summed E-state index contributed by atoms with van der Waals surface area (Å²) in [6.45, 7) is -0.621. The lowest BCUT2D eigenvalue weighted by Gasteiger charge is -2.09. The fraction of sp³-hybridized carbons (Fsp3) is 0.0500. The van der Waals surface area contributed by atoms with E-state index in [1.54, 1.807) is 18.2 Å². The van der Waals surface area contributed by atoms with Gasteiger partial charge < -0.3 is 14.5 Å². The molecular formula is C20H13ClFNO5. The van der Waals surface area contributed by atoms with Crippen LogP contribution in [0.1, 0.15) is 20.9 Å². The number of esters is 1. The van der Waals surface area contributed by atoms with Crippen LogP contribution >= 0.6 is 11.6 Å². The van der Waals surface area contributed by atoms with E-state index in [9.17, 15) is 18.8 Å².